The SMILES string of the molecule is CCOc1ccccc1N(CC(=O)N(Cc1cccc(C)c1)[C@H](Cc1ccccc1)C(=O)NCC(C)C)S(C)(=O)=O. The van der Waals surface area contributed by atoms with Crippen molar-refractivity contribution in [1.82, 2.24) is 10.2 Å². The van der Waals surface area contributed by atoms with E-state index in [2.05, 4.69) is 5.32 Å². The highest BCUT2D eigenvalue weighted by Gasteiger charge is 2.33. The molecule has 0 radical (unpaired) electrons. The Morgan fingerprint density at radius 3 is 2.22 bits per heavy atom. The third-order valence-corrected chi connectivity index (χ3v) is 7.63. The summed E-state index contributed by atoms with van der Waals surface area (Å²) < 4.78 is 32.8. The normalized spacial score (nSPS) is 12.0. The van der Waals surface area contributed by atoms with Crippen molar-refractivity contribution in [3.05, 3.63) is 95.6 Å². The molecular formula is C32H41N3O5S. The van der Waals surface area contributed by atoms with Crippen molar-refractivity contribution in [2.45, 2.75) is 46.7 Å². The van der Waals surface area contributed by atoms with Crippen molar-refractivity contribution in [2.24, 2.45) is 5.92 Å². The molecule has 3 aromatic carbocycles. The van der Waals surface area contributed by atoms with Crippen LogP contribution in [0.4, 0.5) is 5.69 Å². The van der Waals surface area contributed by atoms with E-state index in [-0.39, 0.29) is 30.5 Å². The molecule has 0 aliphatic carbocycles. The first-order chi connectivity index (χ1) is 19.5. The summed E-state index contributed by atoms with van der Waals surface area (Å²) in [5, 5.41) is 2.99. The molecule has 0 saturated carbocycles. The monoisotopic (exact) mass is 579 g/mol. The van der Waals surface area contributed by atoms with Gasteiger partial charge in [0, 0.05) is 19.5 Å². The Labute approximate surface area is 244 Å². The van der Waals surface area contributed by atoms with Crippen LogP contribution in [0.2, 0.25) is 0 Å². The number of sulfonamides is 1. The Balaban J connectivity index is 2.07. The molecule has 0 fully saturated rings. The lowest BCUT2D eigenvalue weighted by molar-refractivity contribution is -0.140. The molecule has 0 saturated heterocycles. The largest absolute Gasteiger partial charge is 0.492 e. The summed E-state index contributed by atoms with van der Waals surface area (Å²) >= 11 is 0. The first-order valence-corrected chi connectivity index (χ1v) is 15.7. The van der Waals surface area contributed by atoms with E-state index in [1.807, 2.05) is 75.4 Å². The standard InChI is InChI=1S/C32H41N3O5S/c1-6-40-30-18-11-10-17-28(30)35(41(5,38)39)23-31(36)34(22-27-16-12-13-25(4)19-27)29(32(37)33-21-24(2)3)20-26-14-8-7-9-15-26/h7-19,24,29H,6,20-23H2,1-5H3,(H,33,37)/t29-/m1/s1. The lowest BCUT2D eigenvalue weighted by Gasteiger charge is -2.34. The molecule has 3 rings (SSSR count). The minimum Gasteiger partial charge on any atom is -0.492 e. The Hall–Kier alpha value is -3.85. The van der Waals surface area contributed by atoms with E-state index in [4.69, 9.17) is 4.74 Å². The van der Waals surface area contributed by atoms with E-state index in [9.17, 15) is 18.0 Å². The number of para-hydroxylation sites is 2. The summed E-state index contributed by atoms with van der Waals surface area (Å²) in [6, 6.07) is 23.1. The average molecular weight is 580 g/mol. The number of rotatable bonds is 14. The number of ether oxygens (including phenoxy) is 1. The third kappa shape index (κ3) is 9.35. The van der Waals surface area contributed by atoms with Crippen molar-refractivity contribution < 1.29 is 22.7 Å². The van der Waals surface area contributed by atoms with Crippen LogP contribution in [0.3, 0.4) is 0 Å². The molecule has 0 aliphatic rings. The van der Waals surface area contributed by atoms with Gasteiger partial charge in [-0.05, 0) is 43.0 Å². The zero-order valence-corrected chi connectivity index (χ0v) is 25.4. The van der Waals surface area contributed by atoms with E-state index in [0.29, 0.717) is 18.9 Å². The molecule has 0 bridgehead atoms. The molecule has 41 heavy (non-hydrogen) atoms. The zero-order chi connectivity index (χ0) is 30.0. The molecule has 220 valence electrons. The van der Waals surface area contributed by atoms with Crippen molar-refractivity contribution in [3.8, 4) is 5.75 Å². The number of amides is 2. The van der Waals surface area contributed by atoms with E-state index < -0.39 is 28.5 Å². The average Bonchev–Trinajstić information content (AvgIpc) is 2.93. The van der Waals surface area contributed by atoms with Gasteiger partial charge in [0.15, 0.2) is 0 Å². The molecule has 3 aromatic rings. The van der Waals surface area contributed by atoms with Crippen LogP contribution >= 0.6 is 0 Å². The van der Waals surface area contributed by atoms with Crippen LogP contribution in [0.1, 0.15) is 37.5 Å². The van der Waals surface area contributed by atoms with Crippen molar-refractivity contribution in [2.75, 3.05) is 30.3 Å². The number of nitrogens with zero attached hydrogens (tertiary/aromatic N) is 2. The highest BCUT2D eigenvalue weighted by atomic mass is 32.2. The molecule has 9 heteroatoms. The highest BCUT2D eigenvalue weighted by molar-refractivity contribution is 7.92. The van der Waals surface area contributed by atoms with Gasteiger partial charge < -0.3 is 15.0 Å². The van der Waals surface area contributed by atoms with Gasteiger partial charge in [-0.3, -0.25) is 13.9 Å². The summed E-state index contributed by atoms with van der Waals surface area (Å²) in [5.74, 6) is -0.213. The predicted octanol–water partition coefficient (Wildman–Crippen LogP) is 4.57. The topological polar surface area (TPSA) is 96.0 Å². The van der Waals surface area contributed by atoms with E-state index in [1.54, 1.807) is 31.2 Å². The minimum atomic E-state index is -3.89. The zero-order valence-electron chi connectivity index (χ0n) is 24.5. The fourth-order valence-electron chi connectivity index (χ4n) is 4.52. The fraction of sp³-hybridized carbons (Fsp3) is 0.375. The number of hydrogen-bond acceptors (Lipinski definition) is 5. The maximum atomic E-state index is 14.2. The van der Waals surface area contributed by atoms with Crippen molar-refractivity contribution >= 4 is 27.5 Å². The van der Waals surface area contributed by atoms with Crippen LogP contribution in [0.25, 0.3) is 0 Å². The van der Waals surface area contributed by atoms with Gasteiger partial charge in [-0.1, -0.05) is 86.1 Å². The fourth-order valence-corrected chi connectivity index (χ4v) is 5.37. The van der Waals surface area contributed by atoms with Gasteiger partial charge in [-0.25, -0.2) is 8.42 Å². The summed E-state index contributed by atoms with van der Waals surface area (Å²) in [4.78, 5) is 29.4. The van der Waals surface area contributed by atoms with Gasteiger partial charge in [0.2, 0.25) is 21.8 Å². The minimum absolute atomic E-state index is 0.137. The van der Waals surface area contributed by atoms with Crippen LogP contribution in [-0.2, 0) is 32.6 Å². The summed E-state index contributed by atoms with van der Waals surface area (Å²) in [7, 11) is -3.89. The van der Waals surface area contributed by atoms with Crippen LogP contribution in [-0.4, -0.2) is 57.1 Å². The van der Waals surface area contributed by atoms with Crippen molar-refractivity contribution in [3.63, 3.8) is 0 Å². The molecule has 8 nitrogen and oxygen atoms in total. The van der Waals surface area contributed by atoms with E-state index in [1.165, 1.54) is 4.90 Å². The second kappa shape index (κ2) is 14.7. The molecule has 0 spiro atoms. The maximum Gasteiger partial charge on any atom is 0.244 e. The molecule has 1 atom stereocenters. The number of anilines is 1. The molecule has 1 N–H and O–H groups in total. The molecule has 0 heterocycles. The maximum absolute atomic E-state index is 14.2. The van der Waals surface area contributed by atoms with Crippen LogP contribution < -0.4 is 14.4 Å². The quantitative estimate of drug-likeness (QED) is 0.302. The second-order valence-corrected chi connectivity index (χ2v) is 12.4. The smallest absolute Gasteiger partial charge is 0.244 e. The number of carbonyl (C=O) groups is 2. The first-order valence-electron chi connectivity index (χ1n) is 13.9. The predicted molar refractivity (Wildman–Crippen MR) is 163 cm³/mol. The van der Waals surface area contributed by atoms with Gasteiger partial charge >= 0.3 is 0 Å². The lowest BCUT2D eigenvalue weighted by Crippen LogP contribution is -2.53. The lowest BCUT2D eigenvalue weighted by atomic mass is 10.0. The van der Waals surface area contributed by atoms with Crippen LogP contribution in [0.15, 0.2) is 78.9 Å². The second-order valence-electron chi connectivity index (χ2n) is 10.5. The molecule has 2 amide bonds. The number of hydrogen-bond donors (Lipinski definition) is 1. The highest BCUT2D eigenvalue weighted by Crippen LogP contribution is 2.30. The number of aryl methyl sites for hydroxylation is 1. The summed E-state index contributed by atoms with van der Waals surface area (Å²) in [5.41, 5.74) is 3.02. The van der Waals surface area contributed by atoms with Crippen LogP contribution in [0.5, 0.6) is 5.75 Å². The van der Waals surface area contributed by atoms with Gasteiger partial charge in [0.1, 0.15) is 18.3 Å². The molecule has 0 aromatic heterocycles. The van der Waals surface area contributed by atoms with Crippen molar-refractivity contribution in [1.29, 1.82) is 0 Å². The Morgan fingerprint density at radius 1 is 0.927 bits per heavy atom. The number of carbonyl (C=O) groups excluding carboxylic acids is 2. The molecule has 0 unspecified atom stereocenters. The molecular weight excluding hydrogens is 538 g/mol. The van der Waals surface area contributed by atoms with Gasteiger partial charge in [0.05, 0.1) is 18.6 Å². The Morgan fingerprint density at radius 2 is 1.59 bits per heavy atom. The summed E-state index contributed by atoms with van der Waals surface area (Å²) in [6.07, 6.45) is 1.33. The number of nitrogens with one attached hydrogen (secondary N) is 1. The van der Waals surface area contributed by atoms with E-state index in [0.717, 1.165) is 27.3 Å². The van der Waals surface area contributed by atoms with Gasteiger partial charge in [-0.2, -0.15) is 0 Å². The third-order valence-electron chi connectivity index (χ3n) is 6.50. The number of benzene rings is 3. The Kier molecular flexibility index (Phi) is 11.3. The van der Waals surface area contributed by atoms with Gasteiger partial charge in [-0.15, -0.1) is 0 Å². The Bertz CT molecular complexity index is 1410. The van der Waals surface area contributed by atoms with E-state index >= 15 is 0 Å². The summed E-state index contributed by atoms with van der Waals surface area (Å²) in [6.45, 7) is 8.20. The van der Waals surface area contributed by atoms with Gasteiger partial charge in [0.25, 0.3) is 0 Å². The van der Waals surface area contributed by atoms with Crippen LogP contribution in [0, 0.1) is 12.8 Å². The molecule has 0 aliphatic heterocycles. The first kappa shape index (κ1) is 31.7.